The predicted octanol–water partition coefficient (Wildman–Crippen LogP) is 2.27. The first-order valence-corrected chi connectivity index (χ1v) is 6.21. The van der Waals surface area contributed by atoms with Crippen LogP contribution < -0.4 is 5.73 Å². The van der Waals surface area contributed by atoms with E-state index in [2.05, 4.69) is 61.5 Å². The Morgan fingerprint density at radius 3 is 2.61 bits per heavy atom. The highest BCUT2D eigenvalue weighted by atomic mass is 15.2. The number of hydrogen-bond donors (Lipinski definition) is 1. The van der Waals surface area contributed by atoms with Crippen LogP contribution in [0.15, 0.2) is 18.2 Å². The molecule has 0 fully saturated rings. The van der Waals surface area contributed by atoms with Gasteiger partial charge in [0, 0.05) is 12.1 Å². The summed E-state index contributed by atoms with van der Waals surface area (Å²) >= 11 is 0. The van der Waals surface area contributed by atoms with Crippen molar-refractivity contribution in [2.24, 2.45) is 0 Å². The van der Waals surface area contributed by atoms with Gasteiger partial charge in [0.05, 0.1) is 11.0 Å². The average Bonchev–Trinajstić information content (AvgIpc) is 2.55. The molecule has 98 valence electrons. The standard InChI is InChI=1S/C14H22N4/c1-10-6-7-11-12(8-10)18(13(15)16-11)9-14(2,3)17(4)5/h6-8H,9H2,1-5H3,(H2,15,16). The van der Waals surface area contributed by atoms with E-state index in [1.165, 1.54) is 5.56 Å². The minimum absolute atomic E-state index is 0.0332. The van der Waals surface area contributed by atoms with Crippen molar-refractivity contribution in [1.29, 1.82) is 0 Å². The van der Waals surface area contributed by atoms with Crippen LogP contribution in [-0.2, 0) is 6.54 Å². The SMILES string of the molecule is Cc1ccc2nc(N)n(CC(C)(C)N(C)C)c2c1. The van der Waals surface area contributed by atoms with Gasteiger partial charge in [-0.2, -0.15) is 0 Å². The van der Waals surface area contributed by atoms with Crippen LogP contribution in [-0.4, -0.2) is 34.1 Å². The van der Waals surface area contributed by atoms with Gasteiger partial charge in [-0.15, -0.1) is 0 Å². The molecule has 0 aliphatic rings. The second kappa shape index (κ2) is 4.28. The molecule has 0 unspecified atom stereocenters. The summed E-state index contributed by atoms with van der Waals surface area (Å²) < 4.78 is 2.10. The summed E-state index contributed by atoms with van der Waals surface area (Å²) in [7, 11) is 4.17. The van der Waals surface area contributed by atoms with Gasteiger partial charge in [0.25, 0.3) is 0 Å². The second-order valence-corrected chi connectivity index (χ2v) is 5.76. The van der Waals surface area contributed by atoms with Gasteiger partial charge >= 0.3 is 0 Å². The number of aromatic nitrogens is 2. The zero-order chi connectivity index (χ0) is 13.5. The number of anilines is 1. The molecule has 0 aliphatic carbocycles. The van der Waals surface area contributed by atoms with E-state index in [4.69, 9.17) is 5.73 Å². The van der Waals surface area contributed by atoms with Crippen molar-refractivity contribution in [3.63, 3.8) is 0 Å². The van der Waals surface area contributed by atoms with Gasteiger partial charge in [-0.3, -0.25) is 0 Å². The molecule has 0 saturated carbocycles. The van der Waals surface area contributed by atoms with Gasteiger partial charge in [0.2, 0.25) is 5.95 Å². The lowest BCUT2D eigenvalue weighted by Gasteiger charge is -2.33. The Hall–Kier alpha value is -1.55. The minimum Gasteiger partial charge on any atom is -0.369 e. The molecule has 1 heterocycles. The van der Waals surface area contributed by atoms with Gasteiger partial charge in [-0.1, -0.05) is 6.07 Å². The molecule has 4 nitrogen and oxygen atoms in total. The monoisotopic (exact) mass is 246 g/mol. The number of fused-ring (bicyclic) bond motifs is 1. The smallest absolute Gasteiger partial charge is 0.201 e. The summed E-state index contributed by atoms with van der Waals surface area (Å²) in [6.45, 7) is 7.32. The molecule has 2 rings (SSSR count). The van der Waals surface area contributed by atoms with Crippen LogP contribution in [0, 0.1) is 6.92 Å². The molecule has 1 aromatic heterocycles. The lowest BCUT2D eigenvalue weighted by atomic mass is 10.0. The third-order valence-corrected chi connectivity index (χ3v) is 3.69. The molecule has 0 atom stereocenters. The maximum atomic E-state index is 6.04. The summed E-state index contributed by atoms with van der Waals surface area (Å²) in [5, 5.41) is 0. The number of aryl methyl sites for hydroxylation is 1. The first kappa shape index (κ1) is 12.9. The summed E-state index contributed by atoms with van der Waals surface area (Å²) in [4.78, 5) is 6.62. The zero-order valence-electron chi connectivity index (χ0n) is 11.9. The second-order valence-electron chi connectivity index (χ2n) is 5.76. The number of nitrogens with two attached hydrogens (primary N) is 1. The van der Waals surface area contributed by atoms with Crippen molar-refractivity contribution >= 4 is 17.0 Å². The van der Waals surface area contributed by atoms with Crippen LogP contribution in [0.2, 0.25) is 0 Å². The minimum atomic E-state index is 0.0332. The number of hydrogen-bond acceptors (Lipinski definition) is 3. The molecule has 0 bridgehead atoms. The van der Waals surface area contributed by atoms with E-state index in [0.717, 1.165) is 17.6 Å². The number of likely N-dealkylation sites (N-methyl/N-ethyl adjacent to an activating group) is 1. The van der Waals surface area contributed by atoms with E-state index < -0.39 is 0 Å². The summed E-state index contributed by atoms with van der Waals surface area (Å²) in [5.74, 6) is 0.588. The molecule has 2 aromatic rings. The highest BCUT2D eigenvalue weighted by molar-refractivity contribution is 5.79. The van der Waals surface area contributed by atoms with Gasteiger partial charge in [0.1, 0.15) is 0 Å². The van der Waals surface area contributed by atoms with Crippen molar-refractivity contribution in [3.05, 3.63) is 23.8 Å². The first-order valence-electron chi connectivity index (χ1n) is 6.21. The molecule has 2 N–H and O–H groups in total. The molecule has 4 heteroatoms. The van der Waals surface area contributed by atoms with Crippen molar-refractivity contribution in [1.82, 2.24) is 14.5 Å². The first-order chi connectivity index (χ1) is 8.31. The number of imidazole rings is 1. The topological polar surface area (TPSA) is 47.1 Å². The Morgan fingerprint density at radius 1 is 1.33 bits per heavy atom. The summed E-state index contributed by atoms with van der Waals surface area (Å²) in [6.07, 6.45) is 0. The lowest BCUT2D eigenvalue weighted by molar-refractivity contribution is 0.172. The zero-order valence-corrected chi connectivity index (χ0v) is 11.9. The Kier molecular flexibility index (Phi) is 3.07. The van der Waals surface area contributed by atoms with Gasteiger partial charge < -0.3 is 15.2 Å². The van der Waals surface area contributed by atoms with E-state index in [0.29, 0.717) is 5.95 Å². The fourth-order valence-corrected chi connectivity index (χ4v) is 1.95. The van der Waals surface area contributed by atoms with Crippen LogP contribution >= 0.6 is 0 Å². The van der Waals surface area contributed by atoms with Crippen molar-refractivity contribution in [3.8, 4) is 0 Å². The van der Waals surface area contributed by atoms with E-state index >= 15 is 0 Å². The van der Waals surface area contributed by atoms with E-state index in [9.17, 15) is 0 Å². The van der Waals surface area contributed by atoms with Gasteiger partial charge in [-0.05, 0) is 52.6 Å². The third-order valence-electron chi connectivity index (χ3n) is 3.69. The molecular formula is C14H22N4. The van der Waals surface area contributed by atoms with Crippen LogP contribution in [0.4, 0.5) is 5.95 Å². The van der Waals surface area contributed by atoms with Crippen LogP contribution in [0.25, 0.3) is 11.0 Å². The Labute approximate surface area is 108 Å². The maximum Gasteiger partial charge on any atom is 0.201 e. The fraction of sp³-hybridized carbons (Fsp3) is 0.500. The van der Waals surface area contributed by atoms with Crippen LogP contribution in [0.1, 0.15) is 19.4 Å². The Morgan fingerprint density at radius 2 is 2.00 bits per heavy atom. The maximum absolute atomic E-state index is 6.04. The highest BCUT2D eigenvalue weighted by Gasteiger charge is 2.23. The van der Waals surface area contributed by atoms with Crippen molar-refractivity contribution in [2.45, 2.75) is 32.9 Å². The molecule has 0 saturated heterocycles. The molecular weight excluding hydrogens is 224 g/mol. The predicted molar refractivity (Wildman–Crippen MR) is 76.6 cm³/mol. The van der Waals surface area contributed by atoms with E-state index in [-0.39, 0.29) is 5.54 Å². The molecule has 0 aliphatic heterocycles. The summed E-state index contributed by atoms with van der Waals surface area (Å²) in [6, 6.07) is 6.24. The molecule has 1 aromatic carbocycles. The van der Waals surface area contributed by atoms with E-state index in [1.807, 2.05) is 6.07 Å². The highest BCUT2D eigenvalue weighted by Crippen LogP contribution is 2.23. The number of nitrogens with zero attached hydrogens (tertiary/aromatic N) is 3. The molecule has 0 amide bonds. The average molecular weight is 246 g/mol. The third kappa shape index (κ3) is 2.20. The number of benzene rings is 1. The Bertz CT molecular complexity index is 566. The van der Waals surface area contributed by atoms with Crippen molar-refractivity contribution in [2.75, 3.05) is 19.8 Å². The molecule has 0 radical (unpaired) electrons. The van der Waals surface area contributed by atoms with Crippen LogP contribution in [0.3, 0.4) is 0 Å². The normalized spacial score (nSPS) is 12.6. The van der Waals surface area contributed by atoms with Crippen molar-refractivity contribution < 1.29 is 0 Å². The molecule has 18 heavy (non-hydrogen) atoms. The van der Waals surface area contributed by atoms with Gasteiger partial charge in [0.15, 0.2) is 0 Å². The largest absolute Gasteiger partial charge is 0.369 e. The van der Waals surface area contributed by atoms with Crippen LogP contribution in [0.5, 0.6) is 0 Å². The summed E-state index contributed by atoms with van der Waals surface area (Å²) in [5.41, 5.74) is 9.38. The fourth-order valence-electron chi connectivity index (χ4n) is 1.95. The van der Waals surface area contributed by atoms with E-state index in [1.54, 1.807) is 0 Å². The molecule has 0 spiro atoms. The van der Waals surface area contributed by atoms with Gasteiger partial charge in [-0.25, -0.2) is 4.98 Å². The Balaban J connectivity index is 2.50. The number of nitrogen functional groups attached to an aromatic ring is 1. The number of rotatable bonds is 3. The quantitative estimate of drug-likeness (QED) is 0.903. The lowest BCUT2D eigenvalue weighted by Crippen LogP contribution is -2.42.